The van der Waals surface area contributed by atoms with Gasteiger partial charge in [0.2, 0.25) is 5.91 Å². The maximum absolute atomic E-state index is 11.0. The van der Waals surface area contributed by atoms with Crippen LogP contribution in [-0.4, -0.2) is 36.2 Å². The van der Waals surface area contributed by atoms with Gasteiger partial charge < -0.3 is 15.2 Å². The third-order valence-corrected chi connectivity index (χ3v) is 2.43. The quantitative estimate of drug-likeness (QED) is 0.517. The van der Waals surface area contributed by atoms with Crippen LogP contribution in [0.1, 0.15) is 25.7 Å². The van der Waals surface area contributed by atoms with Crippen LogP contribution in [0.5, 0.6) is 0 Å². The minimum absolute atomic E-state index is 0.339. The van der Waals surface area contributed by atoms with Crippen LogP contribution < -0.4 is 5.32 Å². The lowest BCUT2D eigenvalue weighted by Crippen LogP contribution is -2.27. The van der Waals surface area contributed by atoms with Crippen LogP contribution >= 0.6 is 0 Å². The van der Waals surface area contributed by atoms with Crippen molar-refractivity contribution in [2.24, 2.45) is 0 Å². The first-order chi connectivity index (χ1) is 7.68. The maximum Gasteiger partial charge on any atom is 0.328 e. The van der Waals surface area contributed by atoms with Gasteiger partial charge in [0.25, 0.3) is 0 Å². The zero-order valence-electron chi connectivity index (χ0n) is 9.15. The van der Waals surface area contributed by atoms with E-state index in [-0.39, 0.29) is 0 Å². The Bertz CT molecular complexity index is 269. The zero-order chi connectivity index (χ0) is 11.8. The van der Waals surface area contributed by atoms with Gasteiger partial charge in [-0.05, 0) is 12.8 Å². The topological polar surface area (TPSA) is 75.6 Å². The number of ether oxygens (including phenoxy) is 1. The molecule has 0 saturated heterocycles. The molecular formula is C11H17NO4. The molecule has 5 nitrogen and oxygen atoms in total. The average molecular weight is 227 g/mol. The molecule has 0 atom stereocenters. The fraction of sp³-hybridized carbons (Fsp3) is 0.636. The van der Waals surface area contributed by atoms with Crippen molar-refractivity contribution < 1.29 is 19.4 Å². The van der Waals surface area contributed by atoms with E-state index in [1.165, 1.54) is 12.8 Å². The lowest BCUT2D eigenvalue weighted by molar-refractivity contribution is -0.131. The molecule has 0 aliphatic heterocycles. The molecule has 5 heteroatoms. The lowest BCUT2D eigenvalue weighted by Gasteiger charge is -2.10. The van der Waals surface area contributed by atoms with Gasteiger partial charge >= 0.3 is 5.97 Å². The summed E-state index contributed by atoms with van der Waals surface area (Å²) < 4.78 is 5.52. The highest BCUT2D eigenvalue weighted by Gasteiger charge is 2.14. The number of rotatable bonds is 6. The normalized spacial score (nSPS) is 16.8. The molecule has 0 spiro atoms. The second kappa shape index (κ2) is 7.00. The predicted molar refractivity (Wildman–Crippen MR) is 58.0 cm³/mol. The van der Waals surface area contributed by atoms with E-state index in [2.05, 4.69) is 5.32 Å². The second-order valence-corrected chi connectivity index (χ2v) is 3.74. The van der Waals surface area contributed by atoms with Crippen molar-refractivity contribution in [3.05, 3.63) is 12.2 Å². The van der Waals surface area contributed by atoms with Gasteiger partial charge in [0.05, 0.1) is 12.7 Å². The number of hydrogen-bond acceptors (Lipinski definition) is 3. The van der Waals surface area contributed by atoms with Gasteiger partial charge in [-0.25, -0.2) is 4.79 Å². The van der Waals surface area contributed by atoms with E-state index in [0.29, 0.717) is 19.3 Å². The average Bonchev–Trinajstić information content (AvgIpc) is 2.74. The van der Waals surface area contributed by atoms with E-state index in [4.69, 9.17) is 9.84 Å². The summed E-state index contributed by atoms with van der Waals surface area (Å²) in [5, 5.41) is 10.8. The van der Waals surface area contributed by atoms with Crippen molar-refractivity contribution in [2.45, 2.75) is 31.8 Å². The summed E-state index contributed by atoms with van der Waals surface area (Å²) >= 11 is 0. The molecule has 0 aromatic rings. The van der Waals surface area contributed by atoms with E-state index in [1.54, 1.807) is 0 Å². The Balaban J connectivity index is 2.01. The van der Waals surface area contributed by atoms with Crippen molar-refractivity contribution in [3.63, 3.8) is 0 Å². The number of carboxylic acids is 1. The van der Waals surface area contributed by atoms with Gasteiger partial charge in [0, 0.05) is 18.7 Å². The van der Waals surface area contributed by atoms with Crippen molar-refractivity contribution in [2.75, 3.05) is 13.2 Å². The Morgan fingerprint density at radius 2 is 2.00 bits per heavy atom. The largest absolute Gasteiger partial charge is 0.478 e. The molecule has 1 fully saturated rings. The molecule has 1 saturated carbocycles. The van der Waals surface area contributed by atoms with E-state index < -0.39 is 11.9 Å². The molecule has 0 radical (unpaired) electrons. The number of carbonyl (C=O) groups is 2. The monoisotopic (exact) mass is 227 g/mol. The Hall–Kier alpha value is -1.36. The van der Waals surface area contributed by atoms with Crippen LogP contribution in [-0.2, 0) is 14.3 Å². The van der Waals surface area contributed by atoms with Gasteiger partial charge in [0.1, 0.15) is 0 Å². The Kier molecular flexibility index (Phi) is 5.56. The standard InChI is InChI=1S/C11H17NO4/c13-10(5-6-11(14)15)12-7-8-16-9-3-1-2-4-9/h5-6,9H,1-4,7-8H2,(H,12,13)(H,14,15). The summed E-state index contributed by atoms with van der Waals surface area (Å²) in [7, 11) is 0. The number of carboxylic acid groups (broad SMARTS) is 1. The van der Waals surface area contributed by atoms with Gasteiger partial charge in [-0.1, -0.05) is 12.8 Å². The first-order valence-electron chi connectivity index (χ1n) is 5.49. The molecule has 1 aliphatic carbocycles. The summed E-state index contributed by atoms with van der Waals surface area (Å²) in [6.45, 7) is 0.899. The molecule has 1 amide bonds. The van der Waals surface area contributed by atoms with Crippen LogP contribution in [0.4, 0.5) is 0 Å². The fourth-order valence-electron chi connectivity index (χ4n) is 1.66. The molecule has 0 aromatic heterocycles. The number of carbonyl (C=O) groups excluding carboxylic acids is 1. The number of nitrogens with one attached hydrogen (secondary N) is 1. The van der Waals surface area contributed by atoms with E-state index >= 15 is 0 Å². The van der Waals surface area contributed by atoms with Crippen LogP contribution in [0.15, 0.2) is 12.2 Å². The molecule has 90 valence electrons. The Morgan fingerprint density at radius 1 is 1.31 bits per heavy atom. The summed E-state index contributed by atoms with van der Waals surface area (Å²) in [5.41, 5.74) is 0. The van der Waals surface area contributed by atoms with Crippen LogP contribution in [0, 0.1) is 0 Å². The first-order valence-corrected chi connectivity index (χ1v) is 5.49. The molecule has 1 rings (SSSR count). The maximum atomic E-state index is 11.0. The molecule has 2 N–H and O–H groups in total. The van der Waals surface area contributed by atoms with E-state index in [1.807, 2.05) is 0 Å². The molecule has 0 unspecified atom stereocenters. The highest BCUT2D eigenvalue weighted by Crippen LogP contribution is 2.20. The molecule has 1 aliphatic rings. The first kappa shape index (κ1) is 12.7. The van der Waals surface area contributed by atoms with Crippen LogP contribution in [0.25, 0.3) is 0 Å². The number of amides is 1. The fourth-order valence-corrected chi connectivity index (χ4v) is 1.66. The van der Waals surface area contributed by atoms with Gasteiger partial charge in [0.15, 0.2) is 0 Å². The smallest absolute Gasteiger partial charge is 0.328 e. The molecule has 0 aromatic carbocycles. The molecule has 16 heavy (non-hydrogen) atoms. The van der Waals surface area contributed by atoms with E-state index in [9.17, 15) is 9.59 Å². The second-order valence-electron chi connectivity index (χ2n) is 3.74. The van der Waals surface area contributed by atoms with Crippen molar-refractivity contribution >= 4 is 11.9 Å². The zero-order valence-corrected chi connectivity index (χ0v) is 9.15. The van der Waals surface area contributed by atoms with Crippen molar-refractivity contribution in [3.8, 4) is 0 Å². The van der Waals surface area contributed by atoms with Crippen LogP contribution in [0.2, 0.25) is 0 Å². The molecule has 0 heterocycles. The summed E-state index contributed by atoms with van der Waals surface area (Å²) in [6.07, 6.45) is 6.80. The summed E-state index contributed by atoms with van der Waals surface area (Å²) in [4.78, 5) is 21.1. The summed E-state index contributed by atoms with van der Waals surface area (Å²) in [6, 6.07) is 0. The summed E-state index contributed by atoms with van der Waals surface area (Å²) in [5.74, 6) is -1.53. The molecular weight excluding hydrogens is 210 g/mol. The van der Waals surface area contributed by atoms with E-state index in [0.717, 1.165) is 25.0 Å². The number of aliphatic carboxylic acids is 1. The SMILES string of the molecule is O=C(O)C=CC(=O)NCCOC1CCCC1. The highest BCUT2D eigenvalue weighted by molar-refractivity contribution is 5.93. The third-order valence-electron chi connectivity index (χ3n) is 2.43. The molecule has 0 bridgehead atoms. The Morgan fingerprint density at radius 3 is 2.62 bits per heavy atom. The predicted octanol–water partition coefficient (Wildman–Crippen LogP) is 0.703. The highest BCUT2D eigenvalue weighted by atomic mass is 16.5. The minimum Gasteiger partial charge on any atom is -0.478 e. The van der Waals surface area contributed by atoms with Crippen LogP contribution in [0.3, 0.4) is 0 Å². The van der Waals surface area contributed by atoms with Crippen molar-refractivity contribution in [1.29, 1.82) is 0 Å². The minimum atomic E-state index is -1.13. The van der Waals surface area contributed by atoms with Gasteiger partial charge in [-0.15, -0.1) is 0 Å². The van der Waals surface area contributed by atoms with Crippen molar-refractivity contribution in [1.82, 2.24) is 5.32 Å². The Labute approximate surface area is 94.5 Å². The lowest BCUT2D eigenvalue weighted by atomic mass is 10.3. The van der Waals surface area contributed by atoms with Gasteiger partial charge in [-0.2, -0.15) is 0 Å². The number of hydrogen-bond donors (Lipinski definition) is 2. The third kappa shape index (κ3) is 5.50. The van der Waals surface area contributed by atoms with Gasteiger partial charge in [-0.3, -0.25) is 4.79 Å².